The fraction of sp³-hybridized carbons (Fsp3) is 0.300. The quantitative estimate of drug-likeness (QED) is 0.579. The van der Waals surface area contributed by atoms with E-state index in [4.69, 9.17) is 0 Å². The van der Waals surface area contributed by atoms with E-state index in [-0.39, 0.29) is 5.91 Å². The first-order valence-electron chi connectivity index (χ1n) is 8.49. The van der Waals surface area contributed by atoms with E-state index >= 15 is 0 Å². The van der Waals surface area contributed by atoms with E-state index in [1.807, 2.05) is 36.0 Å². The molecule has 3 rings (SSSR count). The van der Waals surface area contributed by atoms with Crippen LogP contribution in [0.3, 0.4) is 0 Å². The number of aromatic nitrogens is 1. The second-order valence-electron chi connectivity index (χ2n) is 6.17. The Morgan fingerprint density at radius 2 is 1.96 bits per heavy atom. The number of amides is 1. The number of hydrogen-bond acceptors (Lipinski definition) is 4. The van der Waals surface area contributed by atoms with Gasteiger partial charge in [0.1, 0.15) is 0 Å². The molecule has 2 aromatic carbocycles. The standard InChI is InChI=1S/C20H22N2OS2/c1-4-15-6-5-7-17-19(15)22-20(25-17)21-18(23)12-14-8-10-16(11-9-14)24-13(2)3/h5-11,13H,4,12H2,1-3H3,(H,21,22,23). The lowest BCUT2D eigenvalue weighted by Crippen LogP contribution is -2.14. The second kappa shape index (κ2) is 8.02. The van der Waals surface area contributed by atoms with E-state index in [2.05, 4.69) is 49.3 Å². The van der Waals surface area contributed by atoms with Gasteiger partial charge in [-0.15, -0.1) is 11.8 Å². The molecule has 3 aromatic rings. The lowest BCUT2D eigenvalue weighted by Gasteiger charge is -2.06. The van der Waals surface area contributed by atoms with Gasteiger partial charge in [-0.05, 0) is 35.7 Å². The van der Waals surface area contributed by atoms with Crippen LogP contribution in [-0.4, -0.2) is 16.1 Å². The van der Waals surface area contributed by atoms with E-state index < -0.39 is 0 Å². The van der Waals surface area contributed by atoms with Crippen molar-refractivity contribution in [2.24, 2.45) is 0 Å². The molecule has 0 aliphatic rings. The molecular formula is C20H22N2OS2. The summed E-state index contributed by atoms with van der Waals surface area (Å²) < 4.78 is 1.12. The maximum atomic E-state index is 12.3. The fourth-order valence-electron chi connectivity index (χ4n) is 2.65. The number of nitrogens with one attached hydrogen (secondary N) is 1. The van der Waals surface area contributed by atoms with Crippen molar-refractivity contribution in [2.45, 2.75) is 43.8 Å². The predicted molar refractivity (Wildman–Crippen MR) is 109 cm³/mol. The number of carbonyl (C=O) groups is 1. The summed E-state index contributed by atoms with van der Waals surface area (Å²) in [6.07, 6.45) is 1.30. The molecule has 0 radical (unpaired) electrons. The number of hydrogen-bond donors (Lipinski definition) is 1. The number of fused-ring (bicyclic) bond motifs is 1. The molecule has 130 valence electrons. The van der Waals surface area contributed by atoms with Crippen LogP contribution >= 0.6 is 23.1 Å². The van der Waals surface area contributed by atoms with Gasteiger partial charge < -0.3 is 5.32 Å². The van der Waals surface area contributed by atoms with Crippen molar-refractivity contribution < 1.29 is 4.79 Å². The van der Waals surface area contributed by atoms with Gasteiger partial charge in [-0.25, -0.2) is 4.98 Å². The van der Waals surface area contributed by atoms with Crippen LogP contribution in [0.2, 0.25) is 0 Å². The normalized spacial score (nSPS) is 11.2. The minimum atomic E-state index is -0.0265. The van der Waals surface area contributed by atoms with Crippen molar-refractivity contribution >= 4 is 44.4 Å². The number of thiazole rings is 1. The Morgan fingerprint density at radius 3 is 2.64 bits per heavy atom. The highest BCUT2D eigenvalue weighted by molar-refractivity contribution is 7.99. The molecule has 0 spiro atoms. The van der Waals surface area contributed by atoms with Crippen LogP contribution < -0.4 is 5.32 Å². The molecule has 0 fully saturated rings. The first-order chi connectivity index (χ1) is 12.0. The number of rotatable bonds is 6. The zero-order chi connectivity index (χ0) is 17.8. The van der Waals surface area contributed by atoms with Gasteiger partial charge in [-0.2, -0.15) is 0 Å². The predicted octanol–water partition coefficient (Wildman–Crippen LogP) is 5.54. The average Bonchev–Trinajstić information content (AvgIpc) is 2.98. The molecule has 0 atom stereocenters. The van der Waals surface area contributed by atoms with Crippen molar-refractivity contribution in [3.8, 4) is 0 Å². The van der Waals surface area contributed by atoms with E-state index in [0.717, 1.165) is 22.2 Å². The first-order valence-corrected chi connectivity index (χ1v) is 10.2. The van der Waals surface area contributed by atoms with Gasteiger partial charge in [0.2, 0.25) is 5.91 Å². The molecule has 0 bridgehead atoms. The molecule has 1 aromatic heterocycles. The summed E-state index contributed by atoms with van der Waals surface area (Å²) in [6.45, 7) is 6.47. The Labute approximate surface area is 156 Å². The number of aryl methyl sites for hydroxylation is 1. The van der Waals surface area contributed by atoms with Crippen molar-refractivity contribution in [3.63, 3.8) is 0 Å². The van der Waals surface area contributed by atoms with Gasteiger partial charge in [-0.3, -0.25) is 4.79 Å². The number of benzene rings is 2. The molecule has 0 unspecified atom stereocenters. The molecule has 1 heterocycles. The molecule has 25 heavy (non-hydrogen) atoms. The lowest BCUT2D eigenvalue weighted by molar-refractivity contribution is -0.115. The number of anilines is 1. The van der Waals surface area contributed by atoms with Crippen LogP contribution in [0.1, 0.15) is 31.9 Å². The smallest absolute Gasteiger partial charge is 0.230 e. The number of thioether (sulfide) groups is 1. The molecule has 0 saturated heterocycles. The summed E-state index contributed by atoms with van der Waals surface area (Å²) in [5.41, 5.74) is 3.23. The summed E-state index contributed by atoms with van der Waals surface area (Å²) in [7, 11) is 0. The molecule has 0 aliphatic heterocycles. The fourth-order valence-corrected chi connectivity index (χ4v) is 4.42. The summed E-state index contributed by atoms with van der Waals surface area (Å²) in [5.74, 6) is -0.0265. The second-order valence-corrected chi connectivity index (χ2v) is 8.85. The highest BCUT2D eigenvalue weighted by Gasteiger charge is 2.10. The SMILES string of the molecule is CCc1cccc2sc(NC(=O)Cc3ccc(SC(C)C)cc3)nc12. The Hall–Kier alpha value is -1.85. The minimum absolute atomic E-state index is 0.0265. The summed E-state index contributed by atoms with van der Waals surface area (Å²) in [6, 6.07) is 14.4. The highest BCUT2D eigenvalue weighted by Crippen LogP contribution is 2.28. The Morgan fingerprint density at radius 1 is 1.20 bits per heavy atom. The Balaban J connectivity index is 1.66. The number of nitrogens with zero attached hydrogens (tertiary/aromatic N) is 1. The number of para-hydroxylation sites is 1. The Bertz CT molecular complexity index is 869. The van der Waals surface area contributed by atoms with Crippen LogP contribution in [0, 0.1) is 0 Å². The van der Waals surface area contributed by atoms with Gasteiger partial charge in [0, 0.05) is 10.1 Å². The van der Waals surface area contributed by atoms with Crippen molar-refractivity contribution in [1.82, 2.24) is 4.98 Å². The lowest BCUT2D eigenvalue weighted by atomic mass is 10.1. The van der Waals surface area contributed by atoms with Gasteiger partial charge in [-0.1, -0.05) is 56.4 Å². The molecular weight excluding hydrogens is 348 g/mol. The highest BCUT2D eigenvalue weighted by atomic mass is 32.2. The van der Waals surface area contributed by atoms with Gasteiger partial charge in [0.15, 0.2) is 5.13 Å². The van der Waals surface area contributed by atoms with E-state index in [9.17, 15) is 4.79 Å². The molecule has 3 nitrogen and oxygen atoms in total. The Kier molecular flexibility index (Phi) is 5.76. The van der Waals surface area contributed by atoms with Crippen LogP contribution in [0.15, 0.2) is 47.4 Å². The maximum Gasteiger partial charge on any atom is 0.230 e. The van der Waals surface area contributed by atoms with E-state index in [0.29, 0.717) is 16.8 Å². The first kappa shape index (κ1) is 18.0. The maximum absolute atomic E-state index is 12.3. The zero-order valence-corrected chi connectivity index (χ0v) is 16.3. The van der Waals surface area contributed by atoms with Gasteiger partial charge in [0.25, 0.3) is 0 Å². The monoisotopic (exact) mass is 370 g/mol. The van der Waals surface area contributed by atoms with Crippen LogP contribution in [0.5, 0.6) is 0 Å². The zero-order valence-electron chi connectivity index (χ0n) is 14.7. The van der Waals surface area contributed by atoms with Crippen LogP contribution in [0.4, 0.5) is 5.13 Å². The third-order valence-electron chi connectivity index (χ3n) is 3.79. The van der Waals surface area contributed by atoms with Gasteiger partial charge >= 0.3 is 0 Å². The van der Waals surface area contributed by atoms with Crippen LogP contribution in [-0.2, 0) is 17.6 Å². The molecule has 1 N–H and O–H groups in total. The molecule has 5 heteroatoms. The van der Waals surface area contributed by atoms with Crippen molar-refractivity contribution in [2.75, 3.05) is 5.32 Å². The molecule has 0 saturated carbocycles. The van der Waals surface area contributed by atoms with Crippen molar-refractivity contribution in [1.29, 1.82) is 0 Å². The number of carbonyl (C=O) groups excluding carboxylic acids is 1. The average molecular weight is 371 g/mol. The topological polar surface area (TPSA) is 42.0 Å². The molecule has 1 amide bonds. The minimum Gasteiger partial charge on any atom is -0.302 e. The molecule has 0 aliphatic carbocycles. The largest absolute Gasteiger partial charge is 0.302 e. The van der Waals surface area contributed by atoms with Crippen molar-refractivity contribution in [3.05, 3.63) is 53.6 Å². The third-order valence-corrected chi connectivity index (χ3v) is 5.74. The third kappa shape index (κ3) is 4.61. The van der Waals surface area contributed by atoms with E-state index in [1.54, 1.807) is 0 Å². The summed E-state index contributed by atoms with van der Waals surface area (Å²) in [4.78, 5) is 18.2. The van der Waals surface area contributed by atoms with E-state index in [1.165, 1.54) is 21.8 Å². The summed E-state index contributed by atoms with van der Waals surface area (Å²) >= 11 is 3.35. The summed E-state index contributed by atoms with van der Waals surface area (Å²) in [5, 5.41) is 4.17. The van der Waals surface area contributed by atoms with Gasteiger partial charge in [0.05, 0.1) is 16.6 Å². The van der Waals surface area contributed by atoms with Crippen LogP contribution in [0.25, 0.3) is 10.2 Å².